The van der Waals surface area contributed by atoms with Crippen molar-refractivity contribution < 1.29 is 31.1 Å². The second kappa shape index (κ2) is 9.45. The molecule has 1 aliphatic rings. The van der Waals surface area contributed by atoms with Crippen LogP contribution in [0.15, 0.2) is 35.3 Å². The standard InChI is InChI=1S/C23H21F6N5O2/c1-10(30)8-31-17-5-4-13-19(35)14(22(36)33-20(11-2-3-11)23(27,28)29)9-34(21(13)32-17)18-15(25)6-12(24)7-16(18)26/h4-7,9-11,20H,2-3,8,30H2,1H3,(H,31,32)(H,33,36)/t10-,20?/m0/s1. The van der Waals surface area contributed by atoms with Crippen molar-refractivity contribution in [3.63, 3.8) is 0 Å². The predicted molar refractivity (Wildman–Crippen MR) is 119 cm³/mol. The quantitative estimate of drug-likeness (QED) is 0.419. The van der Waals surface area contributed by atoms with Crippen LogP contribution < -0.4 is 21.8 Å². The Bertz CT molecular complexity index is 1360. The summed E-state index contributed by atoms with van der Waals surface area (Å²) < 4.78 is 84.0. The number of rotatable bonds is 7. The van der Waals surface area contributed by atoms with Gasteiger partial charge in [0.1, 0.15) is 28.9 Å². The highest BCUT2D eigenvalue weighted by Crippen LogP contribution is 2.40. The van der Waals surface area contributed by atoms with Crippen molar-refractivity contribution in [2.45, 2.75) is 38.0 Å². The van der Waals surface area contributed by atoms with Gasteiger partial charge in [-0.25, -0.2) is 18.2 Å². The van der Waals surface area contributed by atoms with Crippen LogP contribution in [-0.2, 0) is 0 Å². The summed E-state index contributed by atoms with van der Waals surface area (Å²) in [6.07, 6.45) is -3.56. The molecule has 1 fully saturated rings. The maximum Gasteiger partial charge on any atom is 0.408 e. The molecule has 0 spiro atoms. The predicted octanol–water partition coefficient (Wildman–Crippen LogP) is 3.63. The lowest BCUT2D eigenvalue weighted by Gasteiger charge is -2.22. The number of hydrogen-bond donors (Lipinski definition) is 3. The molecule has 2 heterocycles. The molecule has 2 aromatic heterocycles. The summed E-state index contributed by atoms with van der Waals surface area (Å²) in [5.41, 5.74) is 2.72. The number of aromatic nitrogens is 2. The van der Waals surface area contributed by atoms with Crippen molar-refractivity contribution in [1.29, 1.82) is 0 Å². The Balaban J connectivity index is 1.90. The zero-order chi connectivity index (χ0) is 26.4. The first kappa shape index (κ1) is 25.5. The summed E-state index contributed by atoms with van der Waals surface area (Å²) >= 11 is 0. The third kappa shape index (κ3) is 5.15. The summed E-state index contributed by atoms with van der Waals surface area (Å²) in [4.78, 5) is 30.1. The molecule has 0 saturated heterocycles. The zero-order valence-electron chi connectivity index (χ0n) is 18.8. The Morgan fingerprint density at radius 2 is 1.83 bits per heavy atom. The Hall–Kier alpha value is -3.61. The molecule has 4 N–H and O–H groups in total. The number of nitrogens with two attached hydrogens (primary N) is 1. The van der Waals surface area contributed by atoms with Gasteiger partial charge in [0, 0.05) is 30.9 Å². The minimum absolute atomic E-state index is 0.166. The molecule has 7 nitrogen and oxygen atoms in total. The normalized spacial score (nSPS) is 15.6. The molecule has 4 rings (SSSR count). The van der Waals surface area contributed by atoms with Crippen LogP contribution in [-0.4, -0.2) is 40.3 Å². The number of fused-ring (bicyclic) bond motifs is 1. The van der Waals surface area contributed by atoms with Crippen molar-refractivity contribution in [2.75, 3.05) is 11.9 Å². The van der Waals surface area contributed by atoms with Crippen molar-refractivity contribution in [1.82, 2.24) is 14.9 Å². The molecule has 0 radical (unpaired) electrons. The SMILES string of the molecule is C[C@H](N)CNc1ccc2c(=O)c(C(=O)NC(C3CC3)C(F)(F)F)cn(-c3c(F)cc(F)cc3F)c2n1. The molecule has 2 atom stereocenters. The van der Waals surface area contributed by atoms with E-state index in [9.17, 15) is 35.9 Å². The lowest BCUT2D eigenvalue weighted by atomic mass is 10.1. The number of pyridine rings is 2. The van der Waals surface area contributed by atoms with Crippen LogP contribution in [0.25, 0.3) is 16.7 Å². The average Bonchev–Trinajstić information content (AvgIpc) is 3.61. The molecule has 0 aliphatic heterocycles. The van der Waals surface area contributed by atoms with Gasteiger partial charge in [0.2, 0.25) is 5.43 Å². The smallest absolute Gasteiger partial charge is 0.368 e. The zero-order valence-corrected chi connectivity index (χ0v) is 18.8. The number of carbonyl (C=O) groups is 1. The Kier molecular flexibility index (Phi) is 6.69. The van der Waals surface area contributed by atoms with Gasteiger partial charge in [-0.15, -0.1) is 0 Å². The summed E-state index contributed by atoms with van der Waals surface area (Å²) in [6.45, 7) is 1.95. The topological polar surface area (TPSA) is 102 Å². The summed E-state index contributed by atoms with van der Waals surface area (Å²) in [5, 5.41) is 4.40. The summed E-state index contributed by atoms with van der Waals surface area (Å²) in [7, 11) is 0. The maximum atomic E-state index is 14.7. The third-order valence-electron chi connectivity index (χ3n) is 5.66. The van der Waals surface area contributed by atoms with E-state index < -0.39 is 58.2 Å². The number of nitrogens with one attached hydrogen (secondary N) is 2. The van der Waals surface area contributed by atoms with Crippen LogP contribution in [0.2, 0.25) is 0 Å². The molecule has 36 heavy (non-hydrogen) atoms. The second-order valence-electron chi connectivity index (χ2n) is 8.72. The van der Waals surface area contributed by atoms with Crippen LogP contribution >= 0.6 is 0 Å². The molecule has 0 bridgehead atoms. The van der Waals surface area contributed by atoms with E-state index in [2.05, 4.69) is 10.3 Å². The first-order valence-electron chi connectivity index (χ1n) is 10.9. The number of alkyl halides is 3. The van der Waals surface area contributed by atoms with E-state index >= 15 is 0 Å². The van der Waals surface area contributed by atoms with E-state index in [1.54, 1.807) is 6.92 Å². The lowest BCUT2D eigenvalue weighted by Crippen LogP contribution is -2.48. The van der Waals surface area contributed by atoms with E-state index in [1.807, 2.05) is 5.32 Å². The van der Waals surface area contributed by atoms with Gasteiger partial charge in [0.25, 0.3) is 5.91 Å². The van der Waals surface area contributed by atoms with E-state index in [0.717, 1.165) is 0 Å². The van der Waals surface area contributed by atoms with Crippen molar-refractivity contribution in [2.24, 2.45) is 11.7 Å². The molecule has 13 heteroatoms. The van der Waals surface area contributed by atoms with Gasteiger partial charge in [-0.2, -0.15) is 13.2 Å². The van der Waals surface area contributed by atoms with Crippen LogP contribution in [0.5, 0.6) is 0 Å². The molecule has 1 aliphatic carbocycles. The molecule has 192 valence electrons. The molecule has 3 aromatic rings. The molecular weight excluding hydrogens is 492 g/mol. The molecular formula is C23H21F6N5O2. The number of halogens is 6. The van der Waals surface area contributed by atoms with Crippen LogP contribution in [0.4, 0.5) is 32.2 Å². The van der Waals surface area contributed by atoms with Gasteiger partial charge in [0.05, 0.1) is 5.39 Å². The average molecular weight is 513 g/mol. The van der Waals surface area contributed by atoms with Gasteiger partial charge < -0.3 is 16.4 Å². The maximum absolute atomic E-state index is 14.7. The molecule has 1 unspecified atom stereocenters. The first-order valence-corrected chi connectivity index (χ1v) is 10.9. The number of hydrogen-bond acceptors (Lipinski definition) is 5. The van der Waals surface area contributed by atoms with Gasteiger partial charge in [-0.3, -0.25) is 14.2 Å². The van der Waals surface area contributed by atoms with Crippen LogP contribution in [0.3, 0.4) is 0 Å². The highest BCUT2D eigenvalue weighted by atomic mass is 19.4. The Labute approximate surface area is 200 Å². The van der Waals surface area contributed by atoms with E-state index in [-0.39, 0.29) is 42.3 Å². The second-order valence-corrected chi connectivity index (χ2v) is 8.72. The fourth-order valence-corrected chi connectivity index (χ4v) is 3.78. The van der Waals surface area contributed by atoms with Crippen LogP contribution in [0.1, 0.15) is 30.1 Å². The van der Waals surface area contributed by atoms with Crippen molar-refractivity contribution in [3.8, 4) is 5.69 Å². The molecule has 1 aromatic carbocycles. The lowest BCUT2D eigenvalue weighted by molar-refractivity contribution is -0.158. The fourth-order valence-electron chi connectivity index (χ4n) is 3.78. The fraction of sp³-hybridized carbons (Fsp3) is 0.348. The van der Waals surface area contributed by atoms with Gasteiger partial charge in [-0.1, -0.05) is 0 Å². The Morgan fingerprint density at radius 1 is 1.19 bits per heavy atom. The number of nitrogens with zero attached hydrogens (tertiary/aromatic N) is 2. The molecule has 1 amide bonds. The minimum Gasteiger partial charge on any atom is -0.368 e. The van der Waals surface area contributed by atoms with Gasteiger partial charge in [-0.05, 0) is 37.8 Å². The van der Waals surface area contributed by atoms with E-state index in [0.29, 0.717) is 22.9 Å². The summed E-state index contributed by atoms with van der Waals surface area (Å²) in [6, 6.07) is 0.841. The first-order chi connectivity index (χ1) is 16.9. The number of anilines is 1. The van der Waals surface area contributed by atoms with Gasteiger partial charge >= 0.3 is 6.18 Å². The summed E-state index contributed by atoms with van der Waals surface area (Å²) in [5.74, 6) is -6.02. The van der Waals surface area contributed by atoms with E-state index in [1.165, 1.54) is 12.1 Å². The highest BCUT2D eigenvalue weighted by molar-refractivity contribution is 5.97. The molecule has 1 saturated carbocycles. The number of amides is 1. The number of benzene rings is 1. The largest absolute Gasteiger partial charge is 0.408 e. The van der Waals surface area contributed by atoms with E-state index in [4.69, 9.17) is 5.73 Å². The van der Waals surface area contributed by atoms with Gasteiger partial charge in [0.15, 0.2) is 17.3 Å². The Morgan fingerprint density at radius 3 is 2.39 bits per heavy atom. The monoisotopic (exact) mass is 513 g/mol. The third-order valence-corrected chi connectivity index (χ3v) is 5.66. The van der Waals surface area contributed by atoms with Crippen molar-refractivity contribution in [3.05, 3.63) is 63.7 Å². The number of carbonyl (C=O) groups excluding carboxylic acids is 1. The van der Waals surface area contributed by atoms with Crippen molar-refractivity contribution >= 4 is 22.8 Å². The minimum atomic E-state index is -4.76. The highest BCUT2D eigenvalue weighted by Gasteiger charge is 2.49. The van der Waals surface area contributed by atoms with Crippen LogP contribution in [0, 0.1) is 23.4 Å².